The van der Waals surface area contributed by atoms with Gasteiger partial charge >= 0.3 is 11.9 Å². The van der Waals surface area contributed by atoms with Crippen LogP contribution in [0.25, 0.3) is 0 Å². The van der Waals surface area contributed by atoms with Gasteiger partial charge in [0.15, 0.2) is 0 Å². The lowest BCUT2D eigenvalue weighted by Crippen LogP contribution is -2.32. The SMILES string of the molecule is C=CCOc1ccccc1C1C(C(=O)O)=C(C)NC(C#N)=C1C(=O)OC. The van der Waals surface area contributed by atoms with Crippen LogP contribution >= 0.6 is 0 Å². The molecule has 2 N–H and O–H groups in total. The molecule has 1 atom stereocenters. The van der Waals surface area contributed by atoms with Gasteiger partial charge in [0.2, 0.25) is 0 Å². The number of carboxylic acids is 1. The number of carbonyl (C=O) groups excluding carboxylic acids is 1. The van der Waals surface area contributed by atoms with Crippen LogP contribution in [0, 0.1) is 11.3 Å². The molecule has 0 amide bonds. The molecule has 2 rings (SSSR count). The van der Waals surface area contributed by atoms with E-state index in [1.165, 1.54) is 14.0 Å². The zero-order valence-electron chi connectivity index (χ0n) is 14.4. The normalized spacial score (nSPS) is 16.4. The smallest absolute Gasteiger partial charge is 0.337 e. The minimum Gasteiger partial charge on any atom is -0.489 e. The van der Waals surface area contributed by atoms with E-state index in [0.29, 0.717) is 11.3 Å². The first kappa shape index (κ1) is 18.8. The molecule has 26 heavy (non-hydrogen) atoms. The van der Waals surface area contributed by atoms with E-state index in [1.54, 1.807) is 30.3 Å². The molecule has 0 aromatic heterocycles. The van der Waals surface area contributed by atoms with Crippen LogP contribution in [0.5, 0.6) is 5.75 Å². The van der Waals surface area contributed by atoms with E-state index in [2.05, 4.69) is 11.9 Å². The Labute approximate surface area is 150 Å². The Morgan fingerprint density at radius 2 is 2.08 bits per heavy atom. The number of esters is 1. The largest absolute Gasteiger partial charge is 0.489 e. The van der Waals surface area contributed by atoms with E-state index < -0.39 is 17.9 Å². The number of nitrogens with zero attached hydrogens (tertiary/aromatic N) is 1. The first-order chi connectivity index (χ1) is 12.5. The first-order valence-electron chi connectivity index (χ1n) is 7.72. The molecule has 0 fully saturated rings. The summed E-state index contributed by atoms with van der Waals surface area (Å²) in [4.78, 5) is 24.3. The number of para-hydroxylation sites is 1. The molecule has 0 saturated carbocycles. The summed E-state index contributed by atoms with van der Waals surface area (Å²) >= 11 is 0. The predicted octanol–water partition coefficient (Wildman–Crippen LogP) is 2.25. The van der Waals surface area contributed by atoms with Gasteiger partial charge in [0.05, 0.1) is 24.2 Å². The second-order valence-electron chi connectivity index (χ2n) is 5.43. The Balaban J connectivity index is 2.77. The van der Waals surface area contributed by atoms with Crippen LogP contribution in [-0.2, 0) is 14.3 Å². The fraction of sp³-hybridized carbons (Fsp3) is 0.211. The zero-order chi connectivity index (χ0) is 19.3. The van der Waals surface area contributed by atoms with Crippen molar-refractivity contribution in [3.05, 3.63) is 65.0 Å². The highest BCUT2D eigenvalue weighted by Crippen LogP contribution is 2.42. The van der Waals surface area contributed by atoms with Gasteiger partial charge in [-0.1, -0.05) is 30.9 Å². The second kappa shape index (κ2) is 8.03. The molecule has 1 aliphatic rings. The van der Waals surface area contributed by atoms with E-state index in [1.807, 2.05) is 6.07 Å². The third-order valence-electron chi connectivity index (χ3n) is 3.90. The number of allylic oxidation sites excluding steroid dienone is 2. The van der Waals surface area contributed by atoms with Gasteiger partial charge in [-0.25, -0.2) is 9.59 Å². The highest BCUT2D eigenvalue weighted by Gasteiger charge is 2.39. The van der Waals surface area contributed by atoms with Gasteiger partial charge in [0.25, 0.3) is 0 Å². The van der Waals surface area contributed by atoms with E-state index in [0.717, 1.165) is 0 Å². The third-order valence-corrected chi connectivity index (χ3v) is 3.90. The fourth-order valence-corrected chi connectivity index (χ4v) is 2.84. The van der Waals surface area contributed by atoms with Crippen molar-refractivity contribution < 1.29 is 24.2 Å². The van der Waals surface area contributed by atoms with Crippen molar-refractivity contribution in [3.63, 3.8) is 0 Å². The molecule has 1 aromatic carbocycles. The lowest BCUT2D eigenvalue weighted by atomic mass is 9.80. The molecule has 1 unspecified atom stereocenters. The number of benzene rings is 1. The maximum Gasteiger partial charge on any atom is 0.337 e. The van der Waals surface area contributed by atoms with Crippen LogP contribution in [0.3, 0.4) is 0 Å². The number of nitriles is 1. The van der Waals surface area contributed by atoms with Gasteiger partial charge in [0, 0.05) is 11.3 Å². The topological polar surface area (TPSA) is 109 Å². The number of carbonyl (C=O) groups is 2. The fourth-order valence-electron chi connectivity index (χ4n) is 2.84. The van der Waals surface area contributed by atoms with Crippen LogP contribution in [-0.4, -0.2) is 30.8 Å². The number of methoxy groups -OCH3 is 1. The van der Waals surface area contributed by atoms with Crippen LogP contribution in [0.2, 0.25) is 0 Å². The Morgan fingerprint density at radius 3 is 2.65 bits per heavy atom. The number of hydrogen-bond acceptors (Lipinski definition) is 6. The summed E-state index contributed by atoms with van der Waals surface area (Å²) in [5.41, 5.74) is 0.528. The minimum absolute atomic E-state index is 0.0529. The van der Waals surface area contributed by atoms with Crippen molar-refractivity contribution in [1.82, 2.24) is 5.32 Å². The average Bonchev–Trinajstić information content (AvgIpc) is 2.64. The highest BCUT2D eigenvalue weighted by atomic mass is 16.5. The maximum atomic E-state index is 12.4. The molecule has 0 aliphatic carbocycles. The molecule has 134 valence electrons. The van der Waals surface area contributed by atoms with Gasteiger partial charge in [-0.3, -0.25) is 0 Å². The number of nitrogens with one attached hydrogen (secondary N) is 1. The van der Waals surface area contributed by atoms with E-state index in [4.69, 9.17) is 9.47 Å². The number of aliphatic carboxylic acids is 1. The summed E-state index contributed by atoms with van der Waals surface area (Å²) in [7, 11) is 1.17. The number of dihydropyridines is 1. The van der Waals surface area contributed by atoms with Crippen molar-refractivity contribution >= 4 is 11.9 Å². The summed E-state index contributed by atoms with van der Waals surface area (Å²) in [6.45, 7) is 5.33. The number of carboxylic acid groups (broad SMARTS) is 1. The standard InChI is InChI=1S/C19H18N2O5/c1-4-9-26-14-8-6-5-7-12(14)16-15(18(22)23)11(2)21-13(10-20)17(16)19(24)25-3/h4-8,16,21H,1,9H2,2-3H3,(H,22,23). The highest BCUT2D eigenvalue weighted by molar-refractivity contribution is 6.00. The van der Waals surface area contributed by atoms with Gasteiger partial charge in [-0.15, -0.1) is 0 Å². The lowest BCUT2D eigenvalue weighted by molar-refractivity contribution is -0.136. The number of rotatable bonds is 6. The summed E-state index contributed by atoms with van der Waals surface area (Å²) in [6.07, 6.45) is 1.55. The monoisotopic (exact) mass is 354 g/mol. The molecule has 0 spiro atoms. The third kappa shape index (κ3) is 3.44. The van der Waals surface area contributed by atoms with Crippen molar-refractivity contribution in [1.29, 1.82) is 5.26 Å². The Bertz CT molecular complexity index is 861. The minimum atomic E-state index is -1.21. The summed E-state index contributed by atoms with van der Waals surface area (Å²) in [5.74, 6) is -2.62. The van der Waals surface area contributed by atoms with Crippen LogP contribution in [0.15, 0.2) is 59.5 Å². The lowest BCUT2D eigenvalue weighted by Gasteiger charge is -2.29. The van der Waals surface area contributed by atoms with Crippen LogP contribution in [0.1, 0.15) is 18.4 Å². The summed E-state index contributed by atoms with van der Waals surface area (Å²) < 4.78 is 10.4. The zero-order valence-corrected chi connectivity index (χ0v) is 14.4. The molecular formula is C19H18N2O5. The second-order valence-corrected chi connectivity index (χ2v) is 5.43. The Kier molecular flexibility index (Phi) is 5.81. The van der Waals surface area contributed by atoms with E-state index >= 15 is 0 Å². The van der Waals surface area contributed by atoms with Gasteiger partial charge in [-0.2, -0.15) is 5.26 Å². The predicted molar refractivity (Wildman–Crippen MR) is 93.0 cm³/mol. The van der Waals surface area contributed by atoms with E-state index in [9.17, 15) is 20.0 Å². The van der Waals surface area contributed by atoms with Gasteiger partial charge in [0.1, 0.15) is 24.1 Å². The molecule has 1 aromatic rings. The van der Waals surface area contributed by atoms with Gasteiger partial charge < -0.3 is 19.9 Å². The van der Waals surface area contributed by atoms with Gasteiger partial charge in [-0.05, 0) is 13.0 Å². The molecule has 0 radical (unpaired) electrons. The first-order valence-corrected chi connectivity index (χ1v) is 7.72. The van der Waals surface area contributed by atoms with Crippen molar-refractivity contribution in [3.8, 4) is 11.8 Å². The quantitative estimate of drug-likeness (QED) is 0.596. The van der Waals surface area contributed by atoms with E-state index in [-0.39, 0.29) is 29.1 Å². The molecule has 1 heterocycles. The Hall–Kier alpha value is -3.53. The molecule has 0 bridgehead atoms. The molecule has 0 saturated heterocycles. The van der Waals surface area contributed by atoms with Crippen molar-refractivity contribution in [2.45, 2.75) is 12.8 Å². The Morgan fingerprint density at radius 1 is 1.38 bits per heavy atom. The molecule has 7 heteroatoms. The van der Waals surface area contributed by atoms with Crippen LogP contribution < -0.4 is 10.1 Å². The van der Waals surface area contributed by atoms with Crippen molar-refractivity contribution in [2.24, 2.45) is 0 Å². The van der Waals surface area contributed by atoms with Crippen molar-refractivity contribution in [2.75, 3.05) is 13.7 Å². The average molecular weight is 354 g/mol. The maximum absolute atomic E-state index is 12.4. The molecule has 7 nitrogen and oxygen atoms in total. The summed E-state index contributed by atoms with van der Waals surface area (Å²) in [6, 6.07) is 8.65. The molecular weight excluding hydrogens is 336 g/mol. The molecule has 1 aliphatic heterocycles. The summed E-state index contributed by atoms with van der Waals surface area (Å²) in [5, 5.41) is 21.8. The number of hydrogen-bond donors (Lipinski definition) is 2. The van der Waals surface area contributed by atoms with Crippen LogP contribution in [0.4, 0.5) is 0 Å². The number of ether oxygens (including phenoxy) is 2.